The number of fused-ring (bicyclic) bond motifs is 1. The number of aliphatic hydroxyl groups is 1. The first-order valence-corrected chi connectivity index (χ1v) is 6.89. The Labute approximate surface area is 129 Å². The molecule has 0 heterocycles. The predicted molar refractivity (Wildman–Crippen MR) is 74.5 cm³/mol. The van der Waals surface area contributed by atoms with E-state index in [0.29, 0.717) is 12.1 Å². The molecule has 0 aromatic heterocycles. The van der Waals surface area contributed by atoms with Gasteiger partial charge in [0.05, 0.1) is 12.0 Å². The van der Waals surface area contributed by atoms with Crippen LogP contribution in [0.15, 0.2) is 36.4 Å². The van der Waals surface area contributed by atoms with Crippen LogP contribution in [0.1, 0.15) is 38.8 Å². The third-order valence-corrected chi connectivity index (χ3v) is 3.96. The molecular formula is C17H11F3O3. The molecule has 23 heavy (non-hydrogen) atoms. The van der Waals surface area contributed by atoms with Crippen molar-refractivity contribution in [3.63, 3.8) is 0 Å². The van der Waals surface area contributed by atoms with Crippen LogP contribution in [0, 0.1) is 23.4 Å². The second-order valence-corrected chi connectivity index (χ2v) is 5.39. The quantitative estimate of drug-likeness (QED) is 0.865. The maximum atomic E-state index is 13.3. The van der Waals surface area contributed by atoms with Crippen molar-refractivity contribution in [2.75, 3.05) is 0 Å². The van der Waals surface area contributed by atoms with Crippen LogP contribution in [0.5, 0.6) is 0 Å². The molecule has 3 rings (SSSR count). The van der Waals surface area contributed by atoms with Crippen molar-refractivity contribution in [3.05, 3.63) is 70.5 Å². The molecule has 0 amide bonds. The van der Waals surface area contributed by atoms with Gasteiger partial charge in [0.25, 0.3) is 0 Å². The molecule has 2 aromatic carbocycles. The predicted octanol–water partition coefficient (Wildman–Crippen LogP) is 3.22. The van der Waals surface area contributed by atoms with E-state index in [9.17, 15) is 27.9 Å². The lowest BCUT2D eigenvalue weighted by molar-refractivity contribution is 0.0585. The van der Waals surface area contributed by atoms with Gasteiger partial charge in [0.15, 0.2) is 29.0 Å². The van der Waals surface area contributed by atoms with E-state index in [1.165, 1.54) is 12.1 Å². The molecule has 2 unspecified atom stereocenters. The second kappa shape index (κ2) is 5.62. The molecule has 0 saturated heterocycles. The molecule has 118 valence electrons. The van der Waals surface area contributed by atoms with Crippen LogP contribution in [0.4, 0.5) is 13.2 Å². The van der Waals surface area contributed by atoms with E-state index >= 15 is 0 Å². The lowest BCUT2D eigenvalue weighted by atomic mass is 9.77. The Bertz CT molecular complexity index is 793. The summed E-state index contributed by atoms with van der Waals surface area (Å²) < 4.78 is 39.6. The van der Waals surface area contributed by atoms with Gasteiger partial charge in [0.2, 0.25) is 0 Å². The van der Waals surface area contributed by atoms with Crippen LogP contribution in [0.3, 0.4) is 0 Å². The van der Waals surface area contributed by atoms with Crippen molar-refractivity contribution < 1.29 is 27.9 Å². The molecule has 1 aliphatic rings. The van der Waals surface area contributed by atoms with Crippen LogP contribution in [-0.4, -0.2) is 16.7 Å². The van der Waals surface area contributed by atoms with Crippen LogP contribution in [0.25, 0.3) is 0 Å². The zero-order chi connectivity index (χ0) is 16.7. The van der Waals surface area contributed by atoms with Crippen LogP contribution in [0.2, 0.25) is 0 Å². The minimum atomic E-state index is -1.66. The number of hydrogen-bond acceptors (Lipinski definition) is 3. The van der Waals surface area contributed by atoms with Gasteiger partial charge in [0, 0.05) is 17.5 Å². The van der Waals surface area contributed by atoms with Gasteiger partial charge in [-0.15, -0.1) is 0 Å². The topological polar surface area (TPSA) is 54.4 Å². The number of Topliss-reactive ketones (excluding diaryl/α,β-unsaturated/α-hetero) is 2. The van der Waals surface area contributed by atoms with Gasteiger partial charge >= 0.3 is 0 Å². The molecule has 0 fully saturated rings. The summed E-state index contributed by atoms with van der Waals surface area (Å²) in [5.74, 6) is -6.58. The fraction of sp³-hybridized carbons (Fsp3) is 0.176. The van der Waals surface area contributed by atoms with Crippen molar-refractivity contribution in [1.82, 2.24) is 0 Å². The van der Waals surface area contributed by atoms with Gasteiger partial charge in [-0.05, 0) is 17.7 Å². The summed E-state index contributed by atoms with van der Waals surface area (Å²) in [5, 5.41) is 10.3. The summed E-state index contributed by atoms with van der Waals surface area (Å²) >= 11 is 0. The Morgan fingerprint density at radius 1 is 1.00 bits per heavy atom. The Kier molecular flexibility index (Phi) is 3.77. The van der Waals surface area contributed by atoms with Gasteiger partial charge in [-0.25, -0.2) is 13.2 Å². The Morgan fingerprint density at radius 3 is 2.17 bits per heavy atom. The standard InChI is InChI=1S/C17H11F3O3/c18-12-5-8(6-13(19)15(12)20)16(22)11-7-14(21)9-3-1-2-4-10(9)17(11)23/h1-6,11,16,22H,7H2. The van der Waals surface area contributed by atoms with E-state index in [0.717, 1.165) is 0 Å². The minimum Gasteiger partial charge on any atom is -0.388 e. The van der Waals surface area contributed by atoms with Crippen LogP contribution >= 0.6 is 0 Å². The van der Waals surface area contributed by atoms with Crippen LogP contribution in [-0.2, 0) is 0 Å². The van der Waals surface area contributed by atoms with Crippen LogP contribution < -0.4 is 0 Å². The Balaban J connectivity index is 2.00. The van der Waals surface area contributed by atoms with Gasteiger partial charge in [-0.3, -0.25) is 9.59 Å². The maximum Gasteiger partial charge on any atom is 0.194 e. The van der Waals surface area contributed by atoms with Gasteiger partial charge in [0.1, 0.15) is 0 Å². The number of carbonyl (C=O) groups excluding carboxylic acids is 2. The van der Waals surface area contributed by atoms with Crippen molar-refractivity contribution in [3.8, 4) is 0 Å². The lowest BCUT2D eigenvalue weighted by Crippen LogP contribution is -2.31. The average molecular weight is 320 g/mol. The third kappa shape index (κ3) is 2.55. The summed E-state index contributed by atoms with van der Waals surface area (Å²) in [7, 11) is 0. The molecule has 2 atom stereocenters. The number of benzene rings is 2. The van der Waals surface area contributed by atoms with Gasteiger partial charge < -0.3 is 5.11 Å². The molecule has 3 nitrogen and oxygen atoms in total. The highest BCUT2D eigenvalue weighted by atomic mass is 19.2. The fourth-order valence-corrected chi connectivity index (χ4v) is 2.78. The highest BCUT2D eigenvalue weighted by Crippen LogP contribution is 2.35. The molecule has 0 bridgehead atoms. The molecule has 0 spiro atoms. The van der Waals surface area contributed by atoms with E-state index in [2.05, 4.69) is 0 Å². The van der Waals surface area contributed by atoms with Crippen molar-refractivity contribution in [2.45, 2.75) is 12.5 Å². The van der Waals surface area contributed by atoms with E-state index in [4.69, 9.17) is 0 Å². The smallest absolute Gasteiger partial charge is 0.194 e. The highest BCUT2D eigenvalue weighted by molar-refractivity contribution is 6.15. The summed E-state index contributed by atoms with van der Waals surface area (Å²) in [6.07, 6.45) is -1.89. The fourth-order valence-electron chi connectivity index (χ4n) is 2.78. The zero-order valence-electron chi connectivity index (χ0n) is 11.7. The first kappa shape index (κ1) is 15.4. The van der Waals surface area contributed by atoms with Gasteiger partial charge in [-0.2, -0.15) is 0 Å². The number of ketones is 2. The summed E-state index contributed by atoms with van der Waals surface area (Å²) in [5.41, 5.74) is 0.139. The van der Waals surface area contributed by atoms with Crippen molar-refractivity contribution >= 4 is 11.6 Å². The molecule has 6 heteroatoms. The first-order valence-electron chi connectivity index (χ1n) is 6.89. The summed E-state index contributed by atoms with van der Waals surface area (Å²) in [6.45, 7) is 0. The molecule has 2 aromatic rings. The number of rotatable bonds is 2. The Morgan fingerprint density at radius 2 is 1.57 bits per heavy atom. The average Bonchev–Trinajstić information content (AvgIpc) is 2.55. The summed E-state index contributed by atoms with van der Waals surface area (Å²) in [4.78, 5) is 24.5. The number of aliphatic hydroxyl groups excluding tert-OH is 1. The first-order chi connectivity index (χ1) is 10.9. The second-order valence-electron chi connectivity index (χ2n) is 5.39. The highest BCUT2D eigenvalue weighted by Gasteiger charge is 2.37. The maximum absolute atomic E-state index is 13.3. The van der Waals surface area contributed by atoms with E-state index in [-0.39, 0.29) is 28.9 Å². The third-order valence-electron chi connectivity index (χ3n) is 3.96. The SMILES string of the molecule is O=C1CC(C(O)c2cc(F)c(F)c(F)c2)C(=O)c2ccccc21. The van der Waals surface area contributed by atoms with E-state index in [1.807, 2.05) is 0 Å². The summed E-state index contributed by atoms with van der Waals surface area (Å²) in [6, 6.07) is 7.42. The largest absolute Gasteiger partial charge is 0.388 e. The molecule has 0 saturated carbocycles. The lowest BCUT2D eigenvalue weighted by Gasteiger charge is -2.26. The molecule has 1 N–H and O–H groups in total. The molecule has 0 radical (unpaired) electrons. The monoisotopic (exact) mass is 320 g/mol. The zero-order valence-corrected chi connectivity index (χ0v) is 11.7. The minimum absolute atomic E-state index is 0.163. The molecular weight excluding hydrogens is 309 g/mol. The Hall–Kier alpha value is -2.47. The van der Waals surface area contributed by atoms with E-state index < -0.39 is 35.3 Å². The normalized spacial score (nSPS) is 18.7. The van der Waals surface area contributed by atoms with Crippen molar-refractivity contribution in [1.29, 1.82) is 0 Å². The number of hydrogen-bond donors (Lipinski definition) is 1. The van der Waals surface area contributed by atoms with Gasteiger partial charge in [-0.1, -0.05) is 24.3 Å². The number of carbonyl (C=O) groups is 2. The molecule has 1 aliphatic carbocycles. The molecule has 0 aliphatic heterocycles. The van der Waals surface area contributed by atoms with E-state index in [1.54, 1.807) is 12.1 Å². The number of halogens is 3. The van der Waals surface area contributed by atoms with Crippen molar-refractivity contribution in [2.24, 2.45) is 5.92 Å².